The van der Waals surface area contributed by atoms with Crippen molar-refractivity contribution in [1.82, 2.24) is 24.7 Å². The number of rotatable bonds is 3. The van der Waals surface area contributed by atoms with Crippen molar-refractivity contribution in [2.24, 2.45) is 0 Å². The molecule has 3 aromatic heterocycles. The van der Waals surface area contributed by atoms with Crippen LogP contribution >= 0.6 is 11.6 Å². The van der Waals surface area contributed by atoms with Crippen LogP contribution in [0.4, 0.5) is 0 Å². The van der Waals surface area contributed by atoms with Crippen LogP contribution in [-0.4, -0.2) is 24.7 Å². The zero-order valence-electron chi connectivity index (χ0n) is 14.1. The number of pyridine rings is 1. The molecule has 4 heterocycles. The normalized spacial score (nSPS) is 16.3. The van der Waals surface area contributed by atoms with Crippen LogP contribution in [0.1, 0.15) is 17.4 Å². The third-order valence-corrected chi connectivity index (χ3v) is 4.87. The summed E-state index contributed by atoms with van der Waals surface area (Å²) in [6.07, 6.45) is 5.03. The topological polar surface area (TPSA) is 78.9 Å². The fourth-order valence-electron chi connectivity index (χ4n) is 3.16. The molecule has 5 rings (SSSR count). The molecule has 134 valence electrons. The third kappa shape index (κ3) is 2.90. The van der Waals surface area contributed by atoms with Gasteiger partial charge < -0.3 is 13.8 Å². The molecule has 0 radical (unpaired) electrons. The van der Waals surface area contributed by atoms with Crippen molar-refractivity contribution in [1.29, 1.82) is 0 Å². The SMILES string of the molecule is Clc1ccccc1[C@@H]1Cn2cnc(-c3nc(-c4cccnc4)no3)c2CO1. The van der Waals surface area contributed by atoms with Crippen LogP contribution in [0, 0.1) is 0 Å². The van der Waals surface area contributed by atoms with Gasteiger partial charge in [0.05, 0.1) is 25.2 Å². The van der Waals surface area contributed by atoms with Crippen molar-refractivity contribution in [3.05, 3.63) is 71.4 Å². The molecule has 1 aliphatic rings. The Morgan fingerprint density at radius 1 is 1.15 bits per heavy atom. The fraction of sp³-hybridized carbons (Fsp3) is 0.158. The van der Waals surface area contributed by atoms with E-state index in [1.165, 1.54) is 0 Å². The highest BCUT2D eigenvalue weighted by molar-refractivity contribution is 6.31. The van der Waals surface area contributed by atoms with Crippen molar-refractivity contribution in [3.8, 4) is 23.0 Å². The lowest BCUT2D eigenvalue weighted by Crippen LogP contribution is -2.20. The predicted molar refractivity (Wildman–Crippen MR) is 97.7 cm³/mol. The Hall–Kier alpha value is -3.03. The lowest BCUT2D eigenvalue weighted by molar-refractivity contribution is 0.00336. The van der Waals surface area contributed by atoms with Gasteiger partial charge in [0, 0.05) is 28.5 Å². The van der Waals surface area contributed by atoms with Gasteiger partial charge in [-0.2, -0.15) is 4.98 Å². The fourth-order valence-corrected chi connectivity index (χ4v) is 3.42. The van der Waals surface area contributed by atoms with Crippen LogP contribution in [0.2, 0.25) is 5.02 Å². The number of hydrogen-bond donors (Lipinski definition) is 0. The Balaban J connectivity index is 1.44. The molecule has 0 N–H and O–H groups in total. The largest absolute Gasteiger partial charge is 0.365 e. The summed E-state index contributed by atoms with van der Waals surface area (Å²) >= 11 is 6.30. The first-order valence-electron chi connectivity index (χ1n) is 8.44. The lowest BCUT2D eigenvalue weighted by atomic mass is 10.1. The maximum atomic E-state index is 6.30. The predicted octanol–water partition coefficient (Wildman–Crippen LogP) is 3.92. The summed E-state index contributed by atoms with van der Waals surface area (Å²) < 4.78 is 13.5. The van der Waals surface area contributed by atoms with Gasteiger partial charge in [0.1, 0.15) is 6.10 Å². The minimum absolute atomic E-state index is 0.123. The Morgan fingerprint density at radius 2 is 2.07 bits per heavy atom. The van der Waals surface area contributed by atoms with Gasteiger partial charge in [-0.15, -0.1) is 0 Å². The highest BCUT2D eigenvalue weighted by Gasteiger charge is 2.27. The van der Waals surface area contributed by atoms with E-state index < -0.39 is 0 Å². The molecule has 0 bridgehead atoms. The second kappa shape index (κ2) is 6.61. The first-order chi connectivity index (χ1) is 13.3. The number of ether oxygens (including phenoxy) is 1. The van der Waals surface area contributed by atoms with Crippen LogP contribution in [0.5, 0.6) is 0 Å². The van der Waals surface area contributed by atoms with Gasteiger partial charge in [0.15, 0.2) is 5.69 Å². The summed E-state index contributed by atoms with van der Waals surface area (Å²) in [4.78, 5) is 13.0. The molecule has 0 spiro atoms. The summed E-state index contributed by atoms with van der Waals surface area (Å²) in [7, 11) is 0. The number of benzene rings is 1. The van der Waals surface area contributed by atoms with Gasteiger partial charge in [-0.3, -0.25) is 4.98 Å². The van der Waals surface area contributed by atoms with Gasteiger partial charge in [-0.05, 0) is 18.2 Å². The minimum atomic E-state index is -0.123. The van der Waals surface area contributed by atoms with Crippen LogP contribution < -0.4 is 0 Å². The Kier molecular flexibility index (Phi) is 3.95. The first kappa shape index (κ1) is 16.2. The highest BCUT2D eigenvalue weighted by Crippen LogP contribution is 2.34. The van der Waals surface area contributed by atoms with E-state index in [9.17, 15) is 0 Å². The summed E-state index contributed by atoms with van der Waals surface area (Å²) in [6.45, 7) is 1.01. The number of fused-ring (bicyclic) bond motifs is 1. The average molecular weight is 380 g/mol. The quantitative estimate of drug-likeness (QED) is 0.536. The monoisotopic (exact) mass is 379 g/mol. The van der Waals surface area contributed by atoms with Gasteiger partial charge >= 0.3 is 0 Å². The smallest absolute Gasteiger partial charge is 0.278 e. The molecule has 1 aliphatic heterocycles. The van der Waals surface area contributed by atoms with Gasteiger partial charge in [0.25, 0.3) is 5.89 Å². The maximum Gasteiger partial charge on any atom is 0.278 e. The highest BCUT2D eigenvalue weighted by atomic mass is 35.5. The Bertz CT molecular complexity index is 1090. The van der Waals surface area contributed by atoms with Gasteiger partial charge in [-0.1, -0.05) is 35.0 Å². The first-order valence-corrected chi connectivity index (χ1v) is 8.82. The van der Waals surface area contributed by atoms with Crippen molar-refractivity contribution in [3.63, 3.8) is 0 Å². The van der Waals surface area contributed by atoms with E-state index in [2.05, 4.69) is 20.1 Å². The van der Waals surface area contributed by atoms with E-state index in [0.717, 1.165) is 16.8 Å². The maximum absolute atomic E-state index is 6.30. The summed E-state index contributed by atoms with van der Waals surface area (Å²) in [6, 6.07) is 11.4. The molecule has 0 amide bonds. The molecule has 0 unspecified atom stereocenters. The number of imidazole rings is 1. The summed E-state index contributed by atoms with van der Waals surface area (Å²) in [5.41, 5.74) is 3.29. The van der Waals surface area contributed by atoms with Crippen LogP contribution in [-0.2, 0) is 17.9 Å². The molecular formula is C19H14ClN5O2. The van der Waals surface area contributed by atoms with E-state index in [1.54, 1.807) is 18.7 Å². The minimum Gasteiger partial charge on any atom is -0.365 e. The van der Waals surface area contributed by atoms with Gasteiger partial charge in [0.2, 0.25) is 5.82 Å². The van der Waals surface area contributed by atoms with Crippen molar-refractivity contribution < 1.29 is 9.26 Å². The van der Waals surface area contributed by atoms with Gasteiger partial charge in [-0.25, -0.2) is 4.98 Å². The molecule has 1 atom stereocenters. The number of halogens is 1. The third-order valence-electron chi connectivity index (χ3n) is 4.53. The molecule has 0 aliphatic carbocycles. The van der Waals surface area contributed by atoms with E-state index >= 15 is 0 Å². The van der Waals surface area contributed by atoms with Crippen molar-refractivity contribution >= 4 is 11.6 Å². The van der Waals surface area contributed by atoms with E-state index in [-0.39, 0.29) is 6.10 Å². The molecule has 8 heteroatoms. The van der Waals surface area contributed by atoms with Crippen molar-refractivity contribution in [2.75, 3.05) is 0 Å². The molecule has 1 aromatic carbocycles. The van der Waals surface area contributed by atoms with Crippen LogP contribution in [0.25, 0.3) is 23.0 Å². The summed E-state index contributed by atoms with van der Waals surface area (Å²) in [5, 5.41) is 4.73. The Labute approximate surface area is 159 Å². The number of aromatic nitrogens is 5. The molecule has 27 heavy (non-hydrogen) atoms. The zero-order valence-corrected chi connectivity index (χ0v) is 14.9. The molecule has 4 aromatic rings. The van der Waals surface area contributed by atoms with E-state index in [0.29, 0.717) is 35.6 Å². The standard InChI is InChI=1S/C19H14ClN5O2/c20-14-6-2-1-5-13(14)16-9-25-11-22-17(15(25)10-26-16)19-23-18(24-27-19)12-4-3-7-21-8-12/h1-8,11,16H,9-10H2/t16-/m0/s1. The van der Waals surface area contributed by atoms with Crippen molar-refractivity contribution in [2.45, 2.75) is 19.3 Å². The molecule has 7 nitrogen and oxygen atoms in total. The molecule has 0 saturated heterocycles. The lowest BCUT2D eigenvalue weighted by Gasteiger charge is -2.26. The molecule has 0 saturated carbocycles. The second-order valence-corrected chi connectivity index (χ2v) is 6.59. The van der Waals surface area contributed by atoms with Crippen LogP contribution in [0.3, 0.4) is 0 Å². The van der Waals surface area contributed by atoms with E-state index in [1.807, 2.05) is 41.0 Å². The van der Waals surface area contributed by atoms with E-state index in [4.69, 9.17) is 20.9 Å². The Morgan fingerprint density at radius 3 is 2.93 bits per heavy atom. The summed E-state index contributed by atoms with van der Waals surface area (Å²) in [5.74, 6) is 0.841. The number of nitrogens with zero attached hydrogens (tertiary/aromatic N) is 5. The van der Waals surface area contributed by atoms with Crippen LogP contribution in [0.15, 0.2) is 59.6 Å². The average Bonchev–Trinajstić information content (AvgIpc) is 3.35. The number of hydrogen-bond acceptors (Lipinski definition) is 6. The second-order valence-electron chi connectivity index (χ2n) is 6.18. The molecular weight excluding hydrogens is 366 g/mol. The zero-order chi connectivity index (χ0) is 18.2. The molecule has 0 fully saturated rings.